The lowest BCUT2D eigenvalue weighted by atomic mass is 9.76. The maximum atomic E-state index is 13.5. The van der Waals surface area contributed by atoms with Crippen LogP contribution in [0.25, 0.3) is 0 Å². The highest BCUT2D eigenvalue weighted by atomic mass is 19.1. The van der Waals surface area contributed by atoms with Gasteiger partial charge in [0.15, 0.2) is 0 Å². The normalized spacial score (nSPS) is 21.1. The Morgan fingerprint density at radius 3 is 2.24 bits per heavy atom. The van der Waals surface area contributed by atoms with Crippen LogP contribution in [0.1, 0.15) is 29.9 Å². The average Bonchev–Trinajstić information content (AvgIpc) is 2.41. The lowest BCUT2D eigenvalue weighted by Crippen LogP contribution is -2.39. The van der Waals surface area contributed by atoms with E-state index in [-0.39, 0.29) is 5.82 Å². The van der Waals surface area contributed by atoms with Crippen molar-refractivity contribution in [3.8, 4) is 0 Å². The van der Waals surface area contributed by atoms with Crippen LogP contribution in [0.4, 0.5) is 13.2 Å². The molecule has 0 amide bonds. The third-order valence-electron chi connectivity index (χ3n) is 4.08. The van der Waals surface area contributed by atoms with Gasteiger partial charge in [-0.05, 0) is 42.5 Å². The second kappa shape index (κ2) is 5.90. The van der Waals surface area contributed by atoms with Crippen LogP contribution in [0, 0.1) is 17.5 Å². The Kier molecular flexibility index (Phi) is 3.97. The van der Waals surface area contributed by atoms with Crippen LogP contribution in [0.15, 0.2) is 42.5 Å². The molecule has 1 N–H and O–H groups in total. The minimum atomic E-state index is -0.559. The second-order valence-corrected chi connectivity index (χ2v) is 5.53. The molecule has 0 aliphatic heterocycles. The molecular weight excluding hydrogens is 275 g/mol. The van der Waals surface area contributed by atoms with Crippen LogP contribution in [-0.4, -0.2) is 6.04 Å². The first kappa shape index (κ1) is 14.1. The van der Waals surface area contributed by atoms with Crippen molar-refractivity contribution < 1.29 is 13.2 Å². The summed E-state index contributed by atoms with van der Waals surface area (Å²) < 4.78 is 39.1. The van der Waals surface area contributed by atoms with Gasteiger partial charge >= 0.3 is 0 Å². The molecule has 0 bridgehead atoms. The zero-order chi connectivity index (χ0) is 14.8. The van der Waals surface area contributed by atoms with Crippen molar-refractivity contribution in [3.63, 3.8) is 0 Å². The molecule has 0 unspecified atom stereocenters. The molecule has 0 heterocycles. The van der Waals surface area contributed by atoms with Gasteiger partial charge in [-0.3, -0.25) is 0 Å². The Balaban J connectivity index is 1.50. The van der Waals surface area contributed by atoms with Crippen molar-refractivity contribution in [2.24, 2.45) is 0 Å². The summed E-state index contributed by atoms with van der Waals surface area (Å²) in [6.07, 6.45) is 1.91. The molecule has 110 valence electrons. The molecule has 1 fully saturated rings. The first-order chi connectivity index (χ1) is 10.1. The summed E-state index contributed by atoms with van der Waals surface area (Å²) >= 11 is 0. The van der Waals surface area contributed by atoms with Crippen LogP contribution in [0.5, 0.6) is 0 Å². The van der Waals surface area contributed by atoms with E-state index in [9.17, 15) is 13.2 Å². The predicted molar refractivity (Wildman–Crippen MR) is 75.4 cm³/mol. The summed E-state index contributed by atoms with van der Waals surface area (Å²) in [5.74, 6) is -0.867. The van der Waals surface area contributed by atoms with Gasteiger partial charge in [-0.25, -0.2) is 13.2 Å². The van der Waals surface area contributed by atoms with E-state index in [1.54, 1.807) is 0 Å². The summed E-state index contributed by atoms with van der Waals surface area (Å²) in [5.41, 5.74) is 1.61. The molecule has 1 aliphatic rings. The molecule has 0 aromatic heterocycles. The van der Waals surface area contributed by atoms with E-state index >= 15 is 0 Å². The third kappa shape index (κ3) is 3.27. The standard InChI is InChI=1S/C17H16F3N/c18-14-4-1-11(2-5-14)13-7-16(8-13)21-10-12-3-6-15(19)9-17(12)20/h1-6,9,13,16,21H,7-8,10H2. The predicted octanol–water partition coefficient (Wildman–Crippen LogP) is 4.14. The summed E-state index contributed by atoms with van der Waals surface area (Å²) in [6, 6.07) is 10.5. The van der Waals surface area contributed by atoms with Gasteiger partial charge in [-0.15, -0.1) is 0 Å². The van der Waals surface area contributed by atoms with Crippen molar-refractivity contribution in [2.45, 2.75) is 31.3 Å². The van der Waals surface area contributed by atoms with Crippen LogP contribution in [-0.2, 0) is 6.54 Å². The first-order valence-electron chi connectivity index (χ1n) is 7.04. The smallest absolute Gasteiger partial charge is 0.130 e. The highest BCUT2D eigenvalue weighted by molar-refractivity contribution is 5.24. The fourth-order valence-corrected chi connectivity index (χ4v) is 2.71. The molecule has 3 rings (SSSR count). The van der Waals surface area contributed by atoms with E-state index in [1.807, 2.05) is 12.1 Å². The molecule has 2 aromatic rings. The van der Waals surface area contributed by atoms with Crippen LogP contribution in [0.2, 0.25) is 0 Å². The molecule has 1 nitrogen and oxygen atoms in total. The molecule has 0 saturated heterocycles. The van der Waals surface area contributed by atoms with Gasteiger partial charge in [-0.1, -0.05) is 18.2 Å². The Hall–Kier alpha value is -1.81. The van der Waals surface area contributed by atoms with Gasteiger partial charge in [0.1, 0.15) is 17.5 Å². The molecular formula is C17H16F3N. The van der Waals surface area contributed by atoms with Gasteiger partial charge < -0.3 is 5.32 Å². The topological polar surface area (TPSA) is 12.0 Å². The van der Waals surface area contributed by atoms with Crippen molar-refractivity contribution in [3.05, 3.63) is 71.0 Å². The zero-order valence-electron chi connectivity index (χ0n) is 11.5. The van der Waals surface area contributed by atoms with E-state index < -0.39 is 11.6 Å². The van der Waals surface area contributed by atoms with Crippen LogP contribution < -0.4 is 5.32 Å². The molecule has 0 radical (unpaired) electrons. The largest absolute Gasteiger partial charge is 0.310 e. The molecule has 1 saturated carbocycles. The quantitative estimate of drug-likeness (QED) is 0.892. The van der Waals surface area contributed by atoms with Crippen molar-refractivity contribution in [1.82, 2.24) is 5.32 Å². The number of rotatable bonds is 4. The summed E-state index contributed by atoms with van der Waals surface area (Å²) in [7, 11) is 0. The minimum Gasteiger partial charge on any atom is -0.310 e. The fourth-order valence-electron chi connectivity index (χ4n) is 2.71. The molecule has 2 aromatic carbocycles. The molecule has 21 heavy (non-hydrogen) atoms. The van der Waals surface area contributed by atoms with E-state index in [2.05, 4.69) is 5.32 Å². The Bertz CT molecular complexity index is 618. The monoisotopic (exact) mass is 291 g/mol. The Morgan fingerprint density at radius 2 is 1.57 bits per heavy atom. The second-order valence-electron chi connectivity index (χ2n) is 5.53. The molecule has 4 heteroatoms. The minimum absolute atomic E-state index is 0.223. The van der Waals surface area contributed by atoms with Crippen LogP contribution >= 0.6 is 0 Å². The lowest BCUT2D eigenvalue weighted by Gasteiger charge is -2.36. The van der Waals surface area contributed by atoms with Gasteiger partial charge in [0, 0.05) is 24.2 Å². The number of nitrogens with one attached hydrogen (secondary N) is 1. The van der Waals surface area contributed by atoms with Gasteiger partial charge in [0.2, 0.25) is 0 Å². The third-order valence-corrected chi connectivity index (χ3v) is 4.08. The van der Waals surface area contributed by atoms with E-state index in [0.29, 0.717) is 24.1 Å². The van der Waals surface area contributed by atoms with Gasteiger partial charge in [0.25, 0.3) is 0 Å². The number of benzene rings is 2. The maximum absolute atomic E-state index is 13.5. The average molecular weight is 291 g/mol. The zero-order valence-corrected chi connectivity index (χ0v) is 11.5. The number of hydrogen-bond acceptors (Lipinski definition) is 1. The molecule has 0 spiro atoms. The van der Waals surface area contributed by atoms with Crippen molar-refractivity contribution in [1.29, 1.82) is 0 Å². The summed E-state index contributed by atoms with van der Waals surface area (Å²) in [6.45, 7) is 0.396. The van der Waals surface area contributed by atoms with Gasteiger partial charge in [-0.2, -0.15) is 0 Å². The number of halogens is 3. The van der Waals surface area contributed by atoms with E-state index in [1.165, 1.54) is 24.3 Å². The fraction of sp³-hybridized carbons (Fsp3) is 0.294. The lowest BCUT2D eigenvalue weighted by molar-refractivity contribution is 0.288. The van der Waals surface area contributed by atoms with E-state index in [4.69, 9.17) is 0 Å². The van der Waals surface area contributed by atoms with Gasteiger partial charge in [0.05, 0.1) is 0 Å². The summed E-state index contributed by atoms with van der Waals surface area (Å²) in [4.78, 5) is 0. The SMILES string of the molecule is Fc1ccc(C2CC(NCc3ccc(F)cc3F)C2)cc1. The number of hydrogen-bond donors (Lipinski definition) is 1. The molecule has 0 atom stereocenters. The van der Waals surface area contributed by atoms with Crippen LogP contribution in [0.3, 0.4) is 0 Å². The highest BCUT2D eigenvalue weighted by Crippen LogP contribution is 2.37. The molecule has 1 aliphatic carbocycles. The highest BCUT2D eigenvalue weighted by Gasteiger charge is 2.29. The van der Waals surface area contributed by atoms with Crippen molar-refractivity contribution in [2.75, 3.05) is 0 Å². The first-order valence-corrected chi connectivity index (χ1v) is 7.04. The maximum Gasteiger partial charge on any atom is 0.130 e. The summed E-state index contributed by atoms with van der Waals surface area (Å²) in [5, 5.41) is 3.27. The Labute approximate surface area is 121 Å². The Morgan fingerprint density at radius 1 is 0.905 bits per heavy atom. The van der Waals surface area contributed by atoms with E-state index in [0.717, 1.165) is 24.5 Å². The van der Waals surface area contributed by atoms with Crippen molar-refractivity contribution >= 4 is 0 Å².